The van der Waals surface area contributed by atoms with Gasteiger partial charge in [-0.15, -0.1) is 11.8 Å². The van der Waals surface area contributed by atoms with Crippen LogP contribution in [-0.2, 0) is 6.54 Å². The Kier molecular flexibility index (Phi) is 4.42. The number of hydrogen-bond donors (Lipinski definition) is 0. The van der Waals surface area contributed by atoms with Crippen LogP contribution in [0.15, 0.2) is 66.0 Å². The van der Waals surface area contributed by atoms with Crippen LogP contribution in [0.3, 0.4) is 0 Å². The Labute approximate surface area is 152 Å². The van der Waals surface area contributed by atoms with E-state index in [1.807, 2.05) is 42.5 Å². The lowest BCUT2D eigenvalue weighted by Crippen LogP contribution is -2.15. The van der Waals surface area contributed by atoms with Crippen LogP contribution in [0.25, 0.3) is 11.1 Å². The van der Waals surface area contributed by atoms with Crippen molar-refractivity contribution in [1.82, 2.24) is 14.9 Å². The van der Waals surface area contributed by atoms with Crippen LogP contribution < -0.4 is 4.90 Å². The van der Waals surface area contributed by atoms with Crippen LogP contribution in [-0.4, -0.2) is 34.8 Å². The molecule has 126 valence electrons. The smallest absolute Gasteiger partial charge is 0.134 e. The van der Waals surface area contributed by atoms with E-state index >= 15 is 0 Å². The normalized spacial score (nSPS) is 13.3. The van der Waals surface area contributed by atoms with E-state index in [9.17, 15) is 0 Å². The lowest BCUT2D eigenvalue weighted by Gasteiger charge is -2.19. The Morgan fingerprint density at radius 1 is 1.00 bits per heavy atom. The van der Waals surface area contributed by atoms with Crippen LogP contribution in [0.4, 0.5) is 11.5 Å². The zero-order chi connectivity index (χ0) is 17.2. The average Bonchev–Trinajstić information content (AvgIpc) is 3.05. The van der Waals surface area contributed by atoms with Gasteiger partial charge in [0.05, 0.1) is 11.6 Å². The molecule has 0 radical (unpaired) electrons. The molecule has 3 heterocycles. The van der Waals surface area contributed by atoms with Crippen LogP contribution >= 0.6 is 11.8 Å². The molecule has 0 atom stereocenters. The van der Waals surface area contributed by atoms with Gasteiger partial charge < -0.3 is 9.80 Å². The molecule has 3 aromatic rings. The van der Waals surface area contributed by atoms with Gasteiger partial charge in [0.2, 0.25) is 0 Å². The van der Waals surface area contributed by atoms with E-state index in [4.69, 9.17) is 0 Å². The molecule has 4 rings (SSSR count). The largest absolute Gasteiger partial charge is 0.315 e. The highest BCUT2D eigenvalue weighted by atomic mass is 32.2. The molecule has 5 heteroatoms. The fourth-order valence-corrected chi connectivity index (χ4v) is 4.12. The maximum Gasteiger partial charge on any atom is 0.134 e. The molecule has 0 aliphatic carbocycles. The minimum Gasteiger partial charge on any atom is -0.315 e. The third-order valence-corrected chi connectivity index (χ3v) is 5.22. The van der Waals surface area contributed by atoms with Crippen molar-refractivity contribution in [3.05, 3.63) is 66.6 Å². The number of nitrogens with zero attached hydrogens (tertiary/aromatic N) is 4. The van der Waals surface area contributed by atoms with Crippen LogP contribution in [0.2, 0.25) is 0 Å². The summed E-state index contributed by atoms with van der Waals surface area (Å²) in [5.74, 6) is 1.91. The van der Waals surface area contributed by atoms with E-state index in [1.165, 1.54) is 27.3 Å². The van der Waals surface area contributed by atoms with Crippen LogP contribution in [0.5, 0.6) is 0 Å². The van der Waals surface area contributed by atoms with Gasteiger partial charge in [-0.2, -0.15) is 0 Å². The summed E-state index contributed by atoms with van der Waals surface area (Å²) in [6.45, 7) is 0.921. The maximum absolute atomic E-state index is 4.59. The summed E-state index contributed by atoms with van der Waals surface area (Å²) in [6, 6.07) is 15.0. The fourth-order valence-electron chi connectivity index (χ4n) is 3.04. The molecule has 0 spiro atoms. The molecule has 1 aliphatic rings. The maximum atomic E-state index is 4.59. The predicted octanol–water partition coefficient (Wildman–Crippen LogP) is 4.41. The number of rotatable bonds is 4. The highest BCUT2D eigenvalue weighted by Gasteiger charge is 2.22. The van der Waals surface area contributed by atoms with Crippen LogP contribution in [0, 0.1) is 0 Å². The lowest BCUT2D eigenvalue weighted by atomic mass is 10.1. The van der Waals surface area contributed by atoms with E-state index in [-0.39, 0.29) is 0 Å². The molecule has 0 saturated carbocycles. The van der Waals surface area contributed by atoms with Gasteiger partial charge in [-0.1, -0.05) is 6.07 Å². The predicted molar refractivity (Wildman–Crippen MR) is 104 cm³/mol. The van der Waals surface area contributed by atoms with Gasteiger partial charge in [-0.3, -0.25) is 4.98 Å². The molecule has 0 saturated heterocycles. The van der Waals surface area contributed by atoms with Crippen molar-refractivity contribution in [2.24, 2.45) is 0 Å². The van der Waals surface area contributed by atoms with Gasteiger partial charge in [-0.05, 0) is 67.2 Å². The third-order valence-electron chi connectivity index (χ3n) is 4.20. The van der Waals surface area contributed by atoms with Crippen molar-refractivity contribution < 1.29 is 0 Å². The van der Waals surface area contributed by atoms with Gasteiger partial charge >= 0.3 is 0 Å². The summed E-state index contributed by atoms with van der Waals surface area (Å²) in [4.78, 5) is 14.5. The molecule has 25 heavy (non-hydrogen) atoms. The molecule has 0 bridgehead atoms. The first-order valence-electron chi connectivity index (χ1n) is 8.25. The summed E-state index contributed by atoms with van der Waals surface area (Å²) in [6.07, 6.45) is 5.58. The number of fused-ring (bicyclic) bond motifs is 1. The molecule has 1 aromatic carbocycles. The quantitative estimate of drug-likeness (QED) is 0.697. The molecular formula is C20H20N4S. The first-order chi connectivity index (χ1) is 12.2. The number of benzene rings is 1. The second-order valence-corrected chi connectivity index (χ2v) is 7.37. The molecule has 0 fully saturated rings. The van der Waals surface area contributed by atoms with Crippen LogP contribution in [0.1, 0.15) is 5.56 Å². The number of aromatic nitrogens is 2. The first kappa shape index (κ1) is 16.1. The molecular weight excluding hydrogens is 328 g/mol. The Morgan fingerprint density at radius 3 is 2.64 bits per heavy atom. The molecule has 2 aromatic heterocycles. The van der Waals surface area contributed by atoms with Crippen molar-refractivity contribution in [3.63, 3.8) is 0 Å². The minimum atomic E-state index is 0.896. The first-order valence-corrected chi connectivity index (χ1v) is 9.24. The van der Waals surface area contributed by atoms with Gasteiger partial charge in [0, 0.05) is 30.0 Å². The molecule has 0 N–H and O–H groups in total. The summed E-state index contributed by atoms with van der Waals surface area (Å²) in [7, 11) is 4.17. The molecule has 4 nitrogen and oxygen atoms in total. The van der Waals surface area contributed by atoms with Gasteiger partial charge in [0.25, 0.3) is 0 Å². The van der Waals surface area contributed by atoms with E-state index in [0.29, 0.717) is 0 Å². The highest BCUT2D eigenvalue weighted by molar-refractivity contribution is 7.99. The standard InChI is InChI=1S/C20H20N4S/c1-23(2)13-15-5-10-22-20(11-15)24-14-25-19-12-17(3-4-18(19)24)16-6-8-21-9-7-16/h3-12H,13-14H2,1-2H3. The van der Waals surface area contributed by atoms with Crippen molar-refractivity contribution in [2.75, 3.05) is 24.9 Å². The lowest BCUT2D eigenvalue weighted by molar-refractivity contribution is 0.402. The fraction of sp³-hybridized carbons (Fsp3) is 0.200. The van der Waals surface area contributed by atoms with Crippen molar-refractivity contribution in [1.29, 1.82) is 0 Å². The van der Waals surface area contributed by atoms with Gasteiger partial charge in [0.15, 0.2) is 0 Å². The zero-order valence-corrected chi connectivity index (χ0v) is 15.2. The molecule has 0 unspecified atom stereocenters. The SMILES string of the molecule is CN(C)Cc1ccnc(N2CSc3cc(-c4ccncc4)ccc32)c1. The molecule has 1 aliphatic heterocycles. The van der Waals surface area contributed by atoms with Gasteiger partial charge in [-0.25, -0.2) is 4.98 Å². The van der Waals surface area contributed by atoms with E-state index in [0.717, 1.165) is 18.2 Å². The van der Waals surface area contributed by atoms with Crippen molar-refractivity contribution in [3.8, 4) is 11.1 Å². The van der Waals surface area contributed by atoms with Crippen molar-refractivity contribution in [2.45, 2.75) is 11.4 Å². The second-order valence-electron chi connectivity index (χ2n) is 6.38. The summed E-state index contributed by atoms with van der Waals surface area (Å²) < 4.78 is 0. The monoisotopic (exact) mass is 348 g/mol. The van der Waals surface area contributed by atoms with E-state index < -0.39 is 0 Å². The Bertz CT molecular complexity index is 880. The minimum absolute atomic E-state index is 0.896. The summed E-state index contributed by atoms with van der Waals surface area (Å²) in [5.41, 5.74) is 4.94. The Balaban J connectivity index is 1.64. The molecule has 0 amide bonds. The number of hydrogen-bond acceptors (Lipinski definition) is 5. The topological polar surface area (TPSA) is 32.3 Å². The number of pyridine rings is 2. The second kappa shape index (κ2) is 6.86. The third kappa shape index (κ3) is 3.38. The number of anilines is 2. The van der Waals surface area contributed by atoms with E-state index in [1.54, 1.807) is 0 Å². The Morgan fingerprint density at radius 2 is 1.84 bits per heavy atom. The summed E-state index contributed by atoms with van der Waals surface area (Å²) in [5, 5.41) is 0. The Hall–Kier alpha value is -2.37. The zero-order valence-electron chi connectivity index (χ0n) is 14.4. The average molecular weight is 348 g/mol. The van der Waals surface area contributed by atoms with Crippen molar-refractivity contribution >= 4 is 23.3 Å². The van der Waals surface area contributed by atoms with E-state index in [2.05, 4.69) is 64.2 Å². The summed E-state index contributed by atoms with van der Waals surface area (Å²) >= 11 is 1.86. The number of thioether (sulfide) groups is 1. The highest BCUT2D eigenvalue weighted by Crippen LogP contribution is 2.43. The van der Waals surface area contributed by atoms with Gasteiger partial charge in [0.1, 0.15) is 5.82 Å².